The van der Waals surface area contributed by atoms with E-state index in [0.717, 1.165) is 11.3 Å². The summed E-state index contributed by atoms with van der Waals surface area (Å²) in [4.78, 5) is 4.00. The molecule has 0 aliphatic carbocycles. The quantitative estimate of drug-likeness (QED) is 0.370. The van der Waals surface area contributed by atoms with Gasteiger partial charge in [0.15, 0.2) is 5.11 Å². The van der Waals surface area contributed by atoms with Gasteiger partial charge < -0.3 is 15.5 Å². The molecule has 5 nitrogen and oxygen atoms in total. The van der Waals surface area contributed by atoms with Crippen LogP contribution in [0.25, 0.3) is 0 Å². The number of nitrogens with zero attached hydrogens (tertiary/aromatic N) is 1. The fraction of sp³-hybridized carbons (Fsp3) is 0.250. The Morgan fingerprint density at radius 2 is 2.43 bits per heavy atom. The zero-order valence-electron chi connectivity index (χ0n) is 7.78. The van der Waals surface area contributed by atoms with Gasteiger partial charge in [-0.05, 0) is 23.8 Å². The van der Waals surface area contributed by atoms with Crippen molar-refractivity contribution in [1.82, 2.24) is 15.7 Å². The molecule has 1 heterocycles. The number of hydrogen-bond acceptors (Lipinski definition) is 4. The van der Waals surface area contributed by atoms with Crippen LogP contribution in [-0.2, 0) is 6.54 Å². The molecular formula is C8H12N4OS. The molecule has 4 N–H and O–H groups in total. The molecule has 0 fully saturated rings. The summed E-state index contributed by atoms with van der Waals surface area (Å²) in [6, 6.07) is 1.87. The van der Waals surface area contributed by atoms with E-state index in [0.29, 0.717) is 11.7 Å². The van der Waals surface area contributed by atoms with Crippen molar-refractivity contribution in [3.8, 4) is 5.75 Å². The van der Waals surface area contributed by atoms with E-state index in [1.165, 1.54) is 0 Å². The first-order valence-corrected chi connectivity index (χ1v) is 4.39. The number of pyridine rings is 1. The third-order valence-corrected chi connectivity index (χ3v) is 1.85. The Bertz CT molecular complexity index is 318. The number of ether oxygens (including phenoxy) is 1. The zero-order valence-corrected chi connectivity index (χ0v) is 8.60. The number of thiocarbonyl (C=S) groups is 1. The van der Waals surface area contributed by atoms with Gasteiger partial charge in [-0.2, -0.15) is 0 Å². The second kappa shape index (κ2) is 5.36. The van der Waals surface area contributed by atoms with Crippen molar-refractivity contribution < 1.29 is 4.74 Å². The molecule has 0 bridgehead atoms. The van der Waals surface area contributed by atoms with Crippen LogP contribution in [0.1, 0.15) is 5.56 Å². The van der Waals surface area contributed by atoms with E-state index < -0.39 is 0 Å². The van der Waals surface area contributed by atoms with Crippen molar-refractivity contribution >= 4 is 17.3 Å². The molecule has 6 heteroatoms. The molecule has 1 aromatic heterocycles. The summed E-state index contributed by atoms with van der Waals surface area (Å²) in [5, 5.41) is 3.30. The van der Waals surface area contributed by atoms with Crippen LogP contribution in [0.2, 0.25) is 0 Å². The molecule has 0 radical (unpaired) electrons. The highest BCUT2D eigenvalue weighted by Gasteiger charge is 1.97. The molecule has 0 saturated heterocycles. The monoisotopic (exact) mass is 212 g/mol. The van der Waals surface area contributed by atoms with Gasteiger partial charge in [0, 0.05) is 12.7 Å². The fourth-order valence-electron chi connectivity index (χ4n) is 0.905. The molecule has 1 rings (SSSR count). The smallest absolute Gasteiger partial charge is 0.180 e. The Morgan fingerprint density at radius 1 is 1.64 bits per heavy atom. The number of rotatable bonds is 3. The normalized spacial score (nSPS) is 9.29. The molecule has 14 heavy (non-hydrogen) atoms. The lowest BCUT2D eigenvalue weighted by molar-refractivity contribution is 0.412. The average Bonchev–Trinajstić information content (AvgIpc) is 2.26. The molecule has 0 aromatic carbocycles. The predicted octanol–water partition coefficient (Wildman–Crippen LogP) is -0.0720. The lowest BCUT2D eigenvalue weighted by Crippen LogP contribution is -2.39. The van der Waals surface area contributed by atoms with Crippen LogP contribution in [-0.4, -0.2) is 17.2 Å². The maximum Gasteiger partial charge on any atom is 0.180 e. The maximum atomic E-state index is 5.10. The number of aromatic nitrogens is 1. The maximum absolute atomic E-state index is 5.10. The molecule has 0 aliphatic rings. The summed E-state index contributed by atoms with van der Waals surface area (Å²) in [6.07, 6.45) is 3.37. The lowest BCUT2D eigenvalue weighted by atomic mass is 10.3. The fourth-order valence-corrected chi connectivity index (χ4v) is 0.978. The van der Waals surface area contributed by atoms with Crippen LogP contribution in [0, 0.1) is 0 Å². The molecule has 76 valence electrons. The van der Waals surface area contributed by atoms with Gasteiger partial charge in [-0.15, -0.1) is 0 Å². The Labute approximate surface area is 87.6 Å². The van der Waals surface area contributed by atoms with E-state index in [1.807, 2.05) is 6.07 Å². The average molecular weight is 212 g/mol. The standard InChI is InChI=1S/C8H12N4OS/c1-13-7-2-6(3-10-5-7)4-11-8(14)12-9/h2-3,5H,4,9H2,1H3,(H2,11,12,14). The summed E-state index contributed by atoms with van der Waals surface area (Å²) < 4.78 is 5.02. The SMILES string of the molecule is COc1cncc(CNC(=S)NN)c1. The summed E-state index contributed by atoms with van der Waals surface area (Å²) >= 11 is 4.82. The largest absolute Gasteiger partial charge is 0.495 e. The molecule has 0 amide bonds. The molecule has 0 atom stereocenters. The van der Waals surface area contributed by atoms with Crippen molar-refractivity contribution in [2.24, 2.45) is 5.84 Å². The van der Waals surface area contributed by atoms with Gasteiger partial charge in [-0.25, -0.2) is 5.84 Å². The Balaban J connectivity index is 2.54. The molecule has 0 unspecified atom stereocenters. The van der Waals surface area contributed by atoms with E-state index in [1.54, 1.807) is 19.5 Å². The summed E-state index contributed by atoms with van der Waals surface area (Å²) in [5.74, 6) is 5.82. The number of nitrogens with two attached hydrogens (primary N) is 1. The van der Waals surface area contributed by atoms with Gasteiger partial charge in [-0.1, -0.05) is 0 Å². The topological polar surface area (TPSA) is 72.2 Å². The van der Waals surface area contributed by atoms with Gasteiger partial charge in [0.1, 0.15) is 5.75 Å². The van der Waals surface area contributed by atoms with Gasteiger partial charge in [0.2, 0.25) is 0 Å². The van der Waals surface area contributed by atoms with E-state index in [-0.39, 0.29) is 0 Å². The second-order valence-corrected chi connectivity index (χ2v) is 2.97. The minimum atomic E-state index is 0.396. The first-order valence-electron chi connectivity index (χ1n) is 3.98. The zero-order chi connectivity index (χ0) is 10.4. The van der Waals surface area contributed by atoms with Crippen LogP contribution in [0.4, 0.5) is 0 Å². The lowest BCUT2D eigenvalue weighted by Gasteiger charge is -2.07. The van der Waals surface area contributed by atoms with E-state index >= 15 is 0 Å². The molecule has 1 aromatic rings. The van der Waals surface area contributed by atoms with Gasteiger partial charge >= 0.3 is 0 Å². The third kappa shape index (κ3) is 3.15. The summed E-state index contributed by atoms with van der Waals surface area (Å²) in [5.41, 5.74) is 3.31. The first-order chi connectivity index (χ1) is 6.76. The van der Waals surface area contributed by atoms with Crippen molar-refractivity contribution in [3.05, 3.63) is 24.0 Å². The highest BCUT2D eigenvalue weighted by molar-refractivity contribution is 7.80. The molecule has 0 aliphatic heterocycles. The summed E-state index contributed by atoms with van der Waals surface area (Å²) in [6.45, 7) is 0.563. The molecular weight excluding hydrogens is 200 g/mol. The minimum Gasteiger partial charge on any atom is -0.495 e. The van der Waals surface area contributed by atoms with Crippen molar-refractivity contribution in [1.29, 1.82) is 0 Å². The Morgan fingerprint density at radius 3 is 3.07 bits per heavy atom. The molecule has 0 spiro atoms. The third-order valence-electron chi connectivity index (χ3n) is 1.59. The van der Waals surface area contributed by atoms with Crippen LogP contribution in [0.3, 0.4) is 0 Å². The van der Waals surface area contributed by atoms with Crippen LogP contribution >= 0.6 is 12.2 Å². The van der Waals surface area contributed by atoms with Crippen molar-refractivity contribution in [3.63, 3.8) is 0 Å². The minimum absolute atomic E-state index is 0.396. The number of nitrogens with one attached hydrogen (secondary N) is 2. The van der Waals surface area contributed by atoms with Crippen LogP contribution in [0.15, 0.2) is 18.5 Å². The predicted molar refractivity (Wildman–Crippen MR) is 57.5 cm³/mol. The number of hydrazine groups is 1. The Kier molecular flexibility index (Phi) is 4.09. The number of methoxy groups -OCH3 is 1. The van der Waals surface area contributed by atoms with Gasteiger partial charge in [0.25, 0.3) is 0 Å². The molecule has 0 saturated carbocycles. The first kappa shape index (κ1) is 10.7. The van der Waals surface area contributed by atoms with Gasteiger partial charge in [0.05, 0.1) is 13.3 Å². The number of hydrogen-bond donors (Lipinski definition) is 3. The highest BCUT2D eigenvalue weighted by atomic mass is 32.1. The van der Waals surface area contributed by atoms with Crippen molar-refractivity contribution in [2.75, 3.05) is 7.11 Å². The second-order valence-electron chi connectivity index (χ2n) is 2.56. The van der Waals surface area contributed by atoms with E-state index in [4.69, 9.17) is 22.8 Å². The van der Waals surface area contributed by atoms with Crippen molar-refractivity contribution in [2.45, 2.75) is 6.54 Å². The Hall–Kier alpha value is -1.40. The van der Waals surface area contributed by atoms with E-state index in [2.05, 4.69) is 15.7 Å². The highest BCUT2D eigenvalue weighted by Crippen LogP contribution is 2.09. The van der Waals surface area contributed by atoms with Gasteiger partial charge in [-0.3, -0.25) is 4.98 Å². The summed E-state index contributed by atoms with van der Waals surface area (Å²) in [7, 11) is 1.60. The van der Waals surface area contributed by atoms with Crippen LogP contribution in [0.5, 0.6) is 5.75 Å². The van der Waals surface area contributed by atoms with Crippen LogP contribution < -0.4 is 21.3 Å². The van der Waals surface area contributed by atoms with E-state index in [9.17, 15) is 0 Å².